The number of carbonyl (C=O) groups is 1. The van der Waals surface area contributed by atoms with Crippen molar-refractivity contribution >= 4 is 44.7 Å². The number of rotatable bonds is 2. The average molecular weight is 324 g/mol. The van der Waals surface area contributed by atoms with Crippen LogP contribution in [0.25, 0.3) is 5.76 Å². The number of sulfonamides is 1. The number of esters is 1. The molecule has 0 aromatic carbocycles. The lowest BCUT2D eigenvalue weighted by Crippen LogP contribution is -2.35. The van der Waals surface area contributed by atoms with Crippen molar-refractivity contribution in [1.82, 2.24) is 4.31 Å². The van der Waals surface area contributed by atoms with E-state index in [1.165, 1.54) is 27.3 Å². The molecule has 0 radical (unpaired) electrons. The van der Waals surface area contributed by atoms with Gasteiger partial charge in [-0.3, -0.25) is 4.31 Å². The van der Waals surface area contributed by atoms with Gasteiger partial charge >= 0.3 is 5.97 Å². The highest BCUT2D eigenvalue weighted by molar-refractivity contribution is 7.89. The number of methoxy groups -OCH3 is 2. The first-order valence-corrected chi connectivity index (χ1v) is 7.63. The van der Waals surface area contributed by atoms with Crippen LogP contribution in [0.1, 0.15) is 4.88 Å². The van der Waals surface area contributed by atoms with Gasteiger partial charge in [-0.25, -0.2) is 13.2 Å². The van der Waals surface area contributed by atoms with Crippen molar-refractivity contribution in [2.75, 3.05) is 21.3 Å². The van der Waals surface area contributed by atoms with Crippen LogP contribution in [0.2, 0.25) is 4.34 Å². The van der Waals surface area contributed by atoms with Crippen LogP contribution in [0.15, 0.2) is 16.7 Å². The van der Waals surface area contributed by atoms with Crippen LogP contribution in [0.4, 0.5) is 0 Å². The number of hydrogen-bond donors (Lipinski definition) is 0. The third-order valence-electron chi connectivity index (χ3n) is 2.63. The summed E-state index contributed by atoms with van der Waals surface area (Å²) in [5, 5.41) is 0. The summed E-state index contributed by atoms with van der Waals surface area (Å²) in [7, 11) is -0.0523. The standard InChI is InChI=1S/C10H10ClNO5S2/c1-12-7(10(13)17-3)8(16-2)9-5(19(12,14)15)4-6(11)18-9/h4H,1-3H3. The van der Waals surface area contributed by atoms with E-state index in [1.807, 2.05) is 0 Å². The molecule has 0 atom stereocenters. The topological polar surface area (TPSA) is 72.9 Å². The Morgan fingerprint density at radius 1 is 1.42 bits per heavy atom. The lowest BCUT2D eigenvalue weighted by atomic mass is 10.3. The number of hydrogen-bond acceptors (Lipinski definition) is 6. The number of likely N-dealkylation sites (N-methyl/N-ethyl adjacent to an activating group) is 1. The Bertz CT molecular complexity index is 676. The third-order valence-corrected chi connectivity index (χ3v) is 5.80. The summed E-state index contributed by atoms with van der Waals surface area (Å²) < 4.78 is 35.5. The number of fused-ring (bicyclic) bond motifs is 1. The number of nitrogens with zero attached hydrogens (tertiary/aromatic N) is 1. The van der Waals surface area contributed by atoms with Gasteiger partial charge in [-0.1, -0.05) is 11.6 Å². The van der Waals surface area contributed by atoms with E-state index in [4.69, 9.17) is 16.3 Å². The van der Waals surface area contributed by atoms with Crippen LogP contribution in [-0.2, 0) is 24.3 Å². The Kier molecular flexibility index (Phi) is 3.50. The van der Waals surface area contributed by atoms with E-state index in [1.54, 1.807) is 0 Å². The predicted octanol–water partition coefficient (Wildman–Crippen LogP) is 1.52. The lowest BCUT2D eigenvalue weighted by Gasteiger charge is -2.27. The molecule has 19 heavy (non-hydrogen) atoms. The minimum Gasteiger partial charge on any atom is -0.493 e. The highest BCUT2D eigenvalue weighted by atomic mass is 35.5. The SMILES string of the molecule is COC(=O)C1=C(OC)c2sc(Cl)cc2S(=O)(=O)N1C. The molecule has 1 aromatic rings. The second kappa shape index (κ2) is 4.69. The zero-order chi connectivity index (χ0) is 14.4. The number of carbonyl (C=O) groups excluding carboxylic acids is 1. The van der Waals surface area contributed by atoms with Gasteiger partial charge in [0, 0.05) is 7.05 Å². The Morgan fingerprint density at radius 2 is 2.05 bits per heavy atom. The molecule has 6 nitrogen and oxygen atoms in total. The summed E-state index contributed by atoms with van der Waals surface area (Å²) in [6, 6.07) is 1.33. The summed E-state index contributed by atoms with van der Waals surface area (Å²) in [5.74, 6) is -0.658. The number of halogens is 1. The smallest absolute Gasteiger partial charge is 0.359 e. The van der Waals surface area contributed by atoms with Crippen molar-refractivity contribution in [3.63, 3.8) is 0 Å². The molecular formula is C10H10ClNO5S2. The molecule has 0 unspecified atom stereocenters. The van der Waals surface area contributed by atoms with Crippen molar-refractivity contribution in [3.05, 3.63) is 21.0 Å². The zero-order valence-corrected chi connectivity index (χ0v) is 12.6. The first kappa shape index (κ1) is 14.2. The minimum absolute atomic E-state index is 0.0227. The first-order valence-electron chi connectivity index (χ1n) is 4.99. The first-order chi connectivity index (χ1) is 8.84. The quantitative estimate of drug-likeness (QED) is 0.772. The molecule has 0 bridgehead atoms. The van der Waals surface area contributed by atoms with Crippen LogP contribution in [0.5, 0.6) is 0 Å². The zero-order valence-electron chi connectivity index (χ0n) is 10.3. The fourth-order valence-corrected chi connectivity index (χ4v) is 4.73. The summed E-state index contributed by atoms with van der Waals surface area (Å²) in [5.41, 5.74) is -0.170. The molecule has 0 saturated heterocycles. The van der Waals surface area contributed by atoms with Crippen LogP contribution >= 0.6 is 22.9 Å². The van der Waals surface area contributed by atoms with Crippen LogP contribution < -0.4 is 0 Å². The molecule has 0 aliphatic carbocycles. The third kappa shape index (κ3) is 1.99. The number of ether oxygens (including phenoxy) is 2. The van der Waals surface area contributed by atoms with Crippen molar-refractivity contribution in [2.24, 2.45) is 0 Å². The lowest BCUT2D eigenvalue weighted by molar-refractivity contribution is -0.137. The van der Waals surface area contributed by atoms with Gasteiger partial charge in [0.1, 0.15) is 4.90 Å². The summed E-state index contributed by atoms with van der Waals surface area (Å²) >= 11 is 6.88. The van der Waals surface area contributed by atoms with Crippen LogP contribution in [0, 0.1) is 0 Å². The van der Waals surface area contributed by atoms with E-state index in [9.17, 15) is 13.2 Å². The molecule has 1 aliphatic rings. The van der Waals surface area contributed by atoms with Crippen molar-refractivity contribution in [1.29, 1.82) is 0 Å². The molecule has 0 amide bonds. The normalized spacial score (nSPS) is 17.2. The predicted molar refractivity (Wildman–Crippen MR) is 70.2 cm³/mol. The maximum Gasteiger partial charge on any atom is 0.359 e. The van der Waals surface area contributed by atoms with Gasteiger partial charge in [0.2, 0.25) is 0 Å². The highest BCUT2D eigenvalue weighted by Gasteiger charge is 2.40. The van der Waals surface area contributed by atoms with E-state index in [-0.39, 0.29) is 16.4 Å². The molecule has 1 aliphatic heterocycles. The molecule has 9 heteroatoms. The monoisotopic (exact) mass is 323 g/mol. The maximum absolute atomic E-state index is 12.3. The summed E-state index contributed by atoms with van der Waals surface area (Å²) in [6.45, 7) is 0. The van der Waals surface area contributed by atoms with Gasteiger partial charge in [-0.05, 0) is 6.07 Å². The second-order valence-corrected chi connectivity index (χ2v) is 7.21. The molecule has 0 fully saturated rings. The Hall–Kier alpha value is -1.25. The van der Waals surface area contributed by atoms with Crippen LogP contribution in [0.3, 0.4) is 0 Å². The van der Waals surface area contributed by atoms with Gasteiger partial charge in [-0.15, -0.1) is 11.3 Å². The van der Waals surface area contributed by atoms with Gasteiger partial charge < -0.3 is 9.47 Å². The van der Waals surface area contributed by atoms with E-state index in [0.29, 0.717) is 9.21 Å². The Morgan fingerprint density at radius 3 is 2.58 bits per heavy atom. The number of thiophene rings is 1. The summed E-state index contributed by atoms with van der Waals surface area (Å²) in [6.07, 6.45) is 0. The van der Waals surface area contributed by atoms with E-state index < -0.39 is 16.0 Å². The van der Waals surface area contributed by atoms with Crippen molar-refractivity contribution in [3.8, 4) is 0 Å². The molecule has 2 rings (SSSR count). The van der Waals surface area contributed by atoms with Gasteiger partial charge in [0.05, 0.1) is 23.4 Å². The van der Waals surface area contributed by atoms with Crippen LogP contribution in [-0.4, -0.2) is 40.0 Å². The molecular weight excluding hydrogens is 314 g/mol. The van der Waals surface area contributed by atoms with E-state index >= 15 is 0 Å². The Labute approximate surface area is 119 Å². The summed E-state index contributed by atoms with van der Waals surface area (Å²) in [4.78, 5) is 12.1. The highest BCUT2D eigenvalue weighted by Crippen LogP contribution is 2.43. The molecule has 0 spiro atoms. The van der Waals surface area contributed by atoms with Gasteiger partial charge in [-0.2, -0.15) is 0 Å². The van der Waals surface area contributed by atoms with Crippen molar-refractivity contribution < 1.29 is 22.7 Å². The maximum atomic E-state index is 12.3. The van der Waals surface area contributed by atoms with Gasteiger partial charge in [0.15, 0.2) is 11.5 Å². The second-order valence-electron chi connectivity index (χ2n) is 3.59. The minimum atomic E-state index is -3.83. The Balaban J connectivity index is 2.83. The van der Waals surface area contributed by atoms with E-state index in [2.05, 4.69) is 4.74 Å². The van der Waals surface area contributed by atoms with E-state index in [0.717, 1.165) is 15.6 Å². The molecule has 0 saturated carbocycles. The molecule has 0 N–H and O–H groups in total. The van der Waals surface area contributed by atoms with Gasteiger partial charge in [0.25, 0.3) is 10.0 Å². The molecule has 1 aromatic heterocycles. The fraction of sp³-hybridized carbons (Fsp3) is 0.300. The molecule has 2 heterocycles. The van der Waals surface area contributed by atoms with Crippen molar-refractivity contribution in [2.45, 2.75) is 4.90 Å². The average Bonchev–Trinajstić information content (AvgIpc) is 2.75. The fourth-order valence-electron chi connectivity index (χ4n) is 1.72. The molecule has 104 valence electrons. The largest absolute Gasteiger partial charge is 0.493 e.